The quantitative estimate of drug-likeness (QED) is 0.412. The van der Waals surface area contributed by atoms with Gasteiger partial charge < -0.3 is 10.2 Å². The molecule has 7 heteroatoms. The van der Waals surface area contributed by atoms with E-state index in [0.29, 0.717) is 38.2 Å². The number of likely N-dealkylation sites (tertiary alicyclic amines) is 1. The number of anilines is 1. The summed E-state index contributed by atoms with van der Waals surface area (Å²) in [5.41, 5.74) is 0.956. The van der Waals surface area contributed by atoms with Gasteiger partial charge in [0.25, 0.3) is 0 Å². The van der Waals surface area contributed by atoms with Gasteiger partial charge in [-0.25, -0.2) is 4.39 Å². The van der Waals surface area contributed by atoms with Crippen LogP contribution in [0.5, 0.6) is 0 Å². The van der Waals surface area contributed by atoms with Gasteiger partial charge in [0.15, 0.2) is 12.1 Å². The first-order valence-electron chi connectivity index (χ1n) is 13.1. The lowest BCUT2D eigenvalue weighted by atomic mass is 9.85. The summed E-state index contributed by atoms with van der Waals surface area (Å²) in [4.78, 5) is 32.6. The highest BCUT2D eigenvalue weighted by Crippen LogP contribution is 2.37. The van der Waals surface area contributed by atoms with E-state index >= 15 is 4.39 Å². The van der Waals surface area contributed by atoms with Crippen molar-refractivity contribution in [2.24, 2.45) is 0 Å². The molecule has 4 rings (SSSR count). The molecule has 0 aromatic heterocycles. The lowest BCUT2D eigenvalue weighted by Crippen LogP contribution is -2.58. The highest BCUT2D eigenvalue weighted by atomic mass is 19.1. The smallest absolute Gasteiger partial charge is 0.247 e. The molecule has 2 saturated heterocycles. The van der Waals surface area contributed by atoms with E-state index in [0.717, 1.165) is 5.69 Å². The number of hydrogen-bond acceptors (Lipinski definition) is 5. The Morgan fingerprint density at radius 2 is 1.53 bits per heavy atom. The minimum absolute atomic E-state index is 0.0179. The number of ketones is 1. The van der Waals surface area contributed by atoms with Crippen molar-refractivity contribution in [3.05, 3.63) is 66.2 Å². The molecule has 6 nitrogen and oxygen atoms in total. The van der Waals surface area contributed by atoms with Crippen molar-refractivity contribution in [2.75, 3.05) is 24.7 Å². The number of nitrogens with zero attached hydrogens (tertiary/aromatic N) is 3. The predicted molar refractivity (Wildman–Crippen MR) is 142 cm³/mol. The largest absolute Gasteiger partial charge is 0.339 e. The van der Waals surface area contributed by atoms with Gasteiger partial charge >= 0.3 is 0 Å². The van der Waals surface area contributed by atoms with E-state index in [2.05, 4.69) is 42.8 Å². The standard InChI is InChI=1S/C29H39FN4O2/c1-21(2)34(22(3)4)25(27(35)23-11-7-5-8-12-23)19-26(30)32-17-15-29(16-18-32)28(36)31-20-33(29)24-13-9-6-10-14-24/h5-14,21-22,25-26H,15-20H2,1-4H3,(H,31,36). The summed E-state index contributed by atoms with van der Waals surface area (Å²) < 4.78 is 15.9. The van der Waals surface area contributed by atoms with Crippen LogP contribution in [0.3, 0.4) is 0 Å². The molecule has 2 aromatic carbocycles. The molecule has 194 valence electrons. The maximum Gasteiger partial charge on any atom is 0.247 e. The second-order valence-corrected chi connectivity index (χ2v) is 10.5. The maximum absolute atomic E-state index is 15.9. The maximum atomic E-state index is 15.9. The van der Waals surface area contributed by atoms with Crippen molar-refractivity contribution in [1.29, 1.82) is 0 Å². The molecule has 2 unspecified atom stereocenters. The highest BCUT2D eigenvalue weighted by molar-refractivity contribution is 6.00. The Labute approximate surface area is 214 Å². The van der Waals surface area contributed by atoms with Crippen molar-refractivity contribution in [2.45, 2.75) is 76.9 Å². The molecular weight excluding hydrogens is 455 g/mol. The second-order valence-electron chi connectivity index (χ2n) is 10.5. The Morgan fingerprint density at radius 1 is 0.972 bits per heavy atom. The zero-order valence-electron chi connectivity index (χ0n) is 21.9. The number of hydrogen-bond donors (Lipinski definition) is 1. The van der Waals surface area contributed by atoms with Crippen LogP contribution >= 0.6 is 0 Å². The van der Waals surface area contributed by atoms with Gasteiger partial charge in [0.2, 0.25) is 5.91 Å². The van der Waals surface area contributed by atoms with Gasteiger partial charge in [-0.1, -0.05) is 48.5 Å². The molecule has 2 fully saturated rings. The normalized spacial score (nSPS) is 19.8. The molecule has 0 saturated carbocycles. The molecule has 2 aliphatic rings. The van der Waals surface area contributed by atoms with Gasteiger partial charge in [-0.2, -0.15) is 0 Å². The van der Waals surface area contributed by atoms with Crippen LogP contribution in [0.1, 0.15) is 57.3 Å². The molecule has 2 aromatic rings. The van der Waals surface area contributed by atoms with Crippen LogP contribution in [0.4, 0.5) is 10.1 Å². The van der Waals surface area contributed by atoms with E-state index in [4.69, 9.17) is 0 Å². The van der Waals surface area contributed by atoms with Crippen LogP contribution in [0.25, 0.3) is 0 Å². The van der Waals surface area contributed by atoms with Crippen LogP contribution in [-0.4, -0.2) is 71.2 Å². The second kappa shape index (κ2) is 11.1. The van der Waals surface area contributed by atoms with Gasteiger partial charge in [0, 0.05) is 42.8 Å². The van der Waals surface area contributed by atoms with E-state index in [1.165, 1.54) is 0 Å². The number of carbonyl (C=O) groups is 2. The summed E-state index contributed by atoms with van der Waals surface area (Å²) in [6, 6.07) is 18.8. The van der Waals surface area contributed by atoms with Crippen molar-refractivity contribution >= 4 is 17.4 Å². The predicted octanol–water partition coefficient (Wildman–Crippen LogP) is 4.47. The van der Waals surface area contributed by atoms with Crippen LogP contribution in [0.15, 0.2) is 60.7 Å². The number of halogens is 1. The molecule has 36 heavy (non-hydrogen) atoms. The van der Waals surface area contributed by atoms with E-state index in [1.54, 1.807) is 0 Å². The molecular formula is C29H39FN4O2. The zero-order chi connectivity index (χ0) is 25.9. The Balaban J connectivity index is 1.50. The number of Topliss-reactive ketones (excluding diaryl/α,β-unsaturated/α-hetero) is 1. The number of carbonyl (C=O) groups excluding carboxylic acids is 2. The average molecular weight is 495 g/mol. The van der Waals surface area contributed by atoms with Gasteiger partial charge in [0.1, 0.15) is 5.54 Å². The summed E-state index contributed by atoms with van der Waals surface area (Å²) in [6.07, 6.45) is -0.0757. The minimum Gasteiger partial charge on any atom is -0.339 e. The lowest BCUT2D eigenvalue weighted by Gasteiger charge is -2.45. The number of rotatable bonds is 9. The Kier molecular flexibility index (Phi) is 8.10. The van der Waals surface area contributed by atoms with E-state index < -0.39 is 17.9 Å². The molecule has 1 amide bonds. The molecule has 2 aliphatic heterocycles. The fourth-order valence-electron chi connectivity index (χ4n) is 6.02. The van der Waals surface area contributed by atoms with Crippen LogP contribution in [-0.2, 0) is 4.79 Å². The molecule has 0 radical (unpaired) electrons. The number of piperidine rings is 1. The number of amides is 1. The molecule has 1 N–H and O–H groups in total. The van der Waals surface area contributed by atoms with E-state index in [-0.39, 0.29) is 30.2 Å². The van der Waals surface area contributed by atoms with Crippen LogP contribution in [0.2, 0.25) is 0 Å². The molecule has 1 spiro atoms. The number of nitrogens with one attached hydrogen (secondary N) is 1. The number of para-hydroxylation sites is 1. The van der Waals surface area contributed by atoms with Crippen molar-refractivity contribution < 1.29 is 14.0 Å². The third-order valence-electron chi connectivity index (χ3n) is 7.76. The van der Waals surface area contributed by atoms with E-state index in [9.17, 15) is 9.59 Å². The summed E-state index contributed by atoms with van der Waals surface area (Å²) in [5, 5.41) is 3.00. The Morgan fingerprint density at radius 3 is 2.08 bits per heavy atom. The third kappa shape index (κ3) is 5.18. The van der Waals surface area contributed by atoms with Crippen LogP contribution in [0, 0.1) is 0 Å². The summed E-state index contributed by atoms with van der Waals surface area (Å²) >= 11 is 0. The first kappa shape index (κ1) is 26.3. The van der Waals surface area contributed by atoms with Gasteiger partial charge in [-0.3, -0.25) is 19.4 Å². The van der Waals surface area contributed by atoms with Gasteiger partial charge in [0.05, 0.1) is 12.7 Å². The fourth-order valence-corrected chi connectivity index (χ4v) is 6.02. The number of benzene rings is 2. The van der Waals surface area contributed by atoms with Crippen molar-refractivity contribution in [1.82, 2.24) is 15.1 Å². The molecule has 2 atom stereocenters. The van der Waals surface area contributed by atoms with E-state index in [1.807, 2.05) is 65.6 Å². The molecule has 2 heterocycles. The summed E-state index contributed by atoms with van der Waals surface area (Å²) in [6.45, 7) is 9.62. The lowest BCUT2D eigenvalue weighted by molar-refractivity contribution is -0.125. The zero-order valence-corrected chi connectivity index (χ0v) is 21.9. The molecule has 0 aliphatic carbocycles. The summed E-state index contributed by atoms with van der Waals surface area (Å²) in [5.74, 6) is -0.0242. The monoisotopic (exact) mass is 494 g/mol. The SMILES string of the molecule is CC(C)N(C(C)C)C(CC(F)N1CCC2(CC1)C(=O)NCN2c1ccccc1)C(=O)c1ccccc1. The molecule has 0 bridgehead atoms. The van der Waals surface area contributed by atoms with Crippen molar-refractivity contribution in [3.8, 4) is 0 Å². The van der Waals surface area contributed by atoms with Crippen molar-refractivity contribution in [3.63, 3.8) is 0 Å². The summed E-state index contributed by atoms with van der Waals surface area (Å²) in [7, 11) is 0. The fraction of sp³-hybridized carbons (Fsp3) is 0.517. The van der Waals surface area contributed by atoms with Gasteiger partial charge in [-0.15, -0.1) is 0 Å². The first-order valence-corrected chi connectivity index (χ1v) is 13.1. The van der Waals surface area contributed by atoms with Crippen LogP contribution < -0.4 is 10.2 Å². The Hall–Kier alpha value is -2.77. The highest BCUT2D eigenvalue weighted by Gasteiger charge is 2.51. The topological polar surface area (TPSA) is 55.9 Å². The minimum atomic E-state index is -1.27. The van der Waals surface area contributed by atoms with Gasteiger partial charge in [-0.05, 0) is 52.7 Å². The number of alkyl halides is 1. The average Bonchev–Trinajstić information content (AvgIpc) is 3.19. The first-order chi connectivity index (χ1) is 17.2. The third-order valence-corrected chi connectivity index (χ3v) is 7.76. The Bertz CT molecular complexity index is 1010.